The van der Waals surface area contributed by atoms with Crippen molar-refractivity contribution in [2.45, 2.75) is 12.5 Å². The Balaban J connectivity index is 1.46. The van der Waals surface area contributed by atoms with Crippen LogP contribution in [-0.4, -0.2) is 47.9 Å². The highest BCUT2D eigenvalue weighted by Gasteiger charge is 2.45. The molecule has 1 unspecified atom stereocenters. The summed E-state index contributed by atoms with van der Waals surface area (Å²) in [5, 5.41) is 0.834. The molecule has 1 fully saturated rings. The summed E-state index contributed by atoms with van der Waals surface area (Å²) in [6.07, 6.45) is -0.366. The topological polar surface area (TPSA) is 105 Å². The monoisotopic (exact) mass is 489 g/mol. The lowest BCUT2D eigenvalue weighted by Gasteiger charge is -2.28. The number of hydrazine groups is 1. The van der Waals surface area contributed by atoms with E-state index in [0.717, 1.165) is 16.0 Å². The Morgan fingerprint density at radius 2 is 1.61 bits per heavy atom. The van der Waals surface area contributed by atoms with E-state index in [1.165, 1.54) is 36.4 Å². The quantitative estimate of drug-likeness (QED) is 0.446. The Morgan fingerprint density at radius 3 is 2.36 bits per heavy atom. The average Bonchev–Trinajstić information content (AvgIpc) is 3.20. The van der Waals surface area contributed by atoms with Gasteiger partial charge in [0.15, 0.2) is 11.5 Å². The lowest BCUT2D eigenvalue weighted by atomic mass is 10.1. The van der Waals surface area contributed by atoms with E-state index in [0.29, 0.717) is 24.7 Å². The third-order valence-corrected chi connectivity index (χ3v) is 5.77. The molecular formula is C26H20FN3O6. The van der Waals surface area contributed by atoms with Gasteiger partial charge < -0.3 is 9.47 Å². The van der Waals surface area contributed by atoms with Crippen LogP contribution < -0.4 is 19.8 Å². The van der Waals surface area contributed by atoms with Gasteiger partial charge in [0, 0.05) is 17.2 Å². The fourth-order valence-corrected chi connectivity index (χ4v) is 4.05. The highest BCUT2D eigenvalue weighted by atomic mass is 19.1. The second-order valence-corrected chi connectivity index (χ2v) is 8.11. The van der Waals surface area contributed by atoms with Gasteiger partial charge in [0.05, 0.1) is 12.1 Å². The third kappa shape index (κ3) is 4.36. The van der Waals surface area contributed by atoms with Gasteiger partial charge in [0.2, 0.25) is 5.91 Å². The number of rotatable bonds is 4. The number of carbonyl (C=O) groups is 4. The van der Waals surface area contributed by atoms with Crippen molar-refractivity contribution in [1.29, 1.82) is 0 Å². The number of nitrogens with zero attached hydrogens (tertiary/aromatic N) is 2. The van der Waals surface area contributed by atoms with E-state index in [2.05, 4.69) is 5.43 Å². The van der Waals surface area contributed by atoms with Crippen LogP contribution in [0.4, 0.5) is 10.1 Å². The number of ether oxygens (including phenoxy) is 2. The van der Waals surface area contributed by atoms with Crippen molar-refractivity contribution in [1.82, 2.24) is 10.4 Å². The van der Waals surface area contributed by atoms with E-state index in [-0.39, 0.29) is 23.2 Å². The van der Waals surface area contributed by atoms with Gasteiger partial charge in [0.25, 0.3) is 17.7 Å². The molecule has 2 aliphatic rings. The van der Waals surface area contributed by atoms with E-state index in [9.17, 15) is 23.6 Å². The number of benzene rings is 3. The minimum absolute atomic E-state index is 0.0543. The van der Waals surface area contributed by atoms with Crippen LogP contribution in [0, 0.1) is 5.82 Å². The SMILES string of the molecule is O=C(NN(C(=O)c1ccccc1)C1CC(=O)N(c2ccc3c(c2)OCCO3)C1=O)c1cccc(F)c1. The molecule has 1 N–H and O–H groups in total. The zero-order chi connectivity index (χ0) is 25.2. The van der Waals surface area contributed by atoms with Gasteiger partial charge in [-0.25, -0.2) is 14.3 Å². The number of imide groups is 1. The number of carbonyl (C=O) groups excluding carboxylic acids is 4. The van der Waals surface area contributed by atoms with Gasteiger partial charge in [-0.3, -0.25) is 24.6 Å². The molecule has 0 spiro atoms. The van der Waals surface area contributed by atoms with Gasteiger partial charge in [-0.05, 0) is 42.5 Å². The van der Waals surface area contributed by atoms with Crippen molar-refractivity contribution < 1.29 is 33.0 Å². The van der Waals surface area contributed by atoms with E-state index in [1.807, 2.05) is 0 Å². The molecule has 0 aromatic heterocycles. The maximum absolute atomic E-state index is 13.7. The standard InChI is InChI=1S/C26H20FN3O6/c27-18-8-4-7-17(13-18)24(32)28-30(25(33)16-5-2-1-3-6-16)20-15-23(31)29(26(20)34)19-9-10-21-22(14-19)36-12-11-35-21/h1-10,13-14,20H,11-12,15H2,(H,28,32). The molecule has 2 heterocycles. The van der Waals surface area contributed by atoms with Gasteiger partial charge in [-0.1, -0.05) is 24.3 Å². The Morgan fingerprint density at radius 1 is 0.889 bits per heavy atom. The highest BCUT2D eigenvalue weighted by molar-refractivity contribution is 6.23. The number of hydrogen-bond acceptors (Lipinski definition) is 6. The molecule has 1 atom stereocenters. The minimum Gasteiger partial charge on any atom is -0.486 e. The van der Waals surface area contributed by atoms with Crippen molar-refractivity contribution in [2.24, 2.45) is 0 Å². The largest absolute Gasteiger partial charge is 0.486 e. The molecule has 4 amide bonds. The van der Waals surface area contributed by atoms with Gasteiger partial charge >= 0.3 is 0 Å². The molecule has 0 aliphatic carbocycles. The highest BCUT2D eigenvalue weighted by Crippen LogP contribution is 2.36. The molecule has 10 heteroatoms. The second kappa shape index (κ2) is 9.49. The predicted molar refractivity (Wildman–Crippen MR) is 125 cm³/mol. The maximum atomic E-state index is 13.7. The number of amides is 4. The Kier molecular flexibility index (Phi) is 6.07. The lowest BCUT2D eigenvalue weighted by Crippen LogP contribution is -2.54. The minimum atomic E-state index is -1.32. The third-order valence-electron chi connectivity index (χ3n) is 5.77. The summed E-state index contributed by atoms with van der Waals surface area (Å²) in [6.45, 7) is 0.712. The summed E-state index contributed by atoms with van der Waals surface area (Å²) in [7, 11) is 0. The number of anilines is 1. The molecule has 3 aromatic carbocycles. The molecule has 0 bridgehead atoms. The zero-order valence-electron chi connectivity index (χ0n) is 18.8. The van der Waals surface area contributed by atoms with Crippen LogP contribution in [0.25, 0.3) is 0 Å². The van der Waals surface area contributed by atoms with Crippen molar-refractivity contribution in [3.8, 4) is 11.5 Å². The molecule has 1 saturated heterocycles. The van der Waals surface area contributed by atoms with Gasteiger partial charge in [-0.15, -0.1) is 0 Å². The maximum Gasteiger partial charge on any atom is 0.273 e. The lowest BCUT2D eigenvalue weighted by molar-refractivity contribution is -0.122. The van der Waals surface area contributed by atoms with Crippen LogP contribution in [-0.2, 0) is 9.59 Å². The summed E-state index contributed by atoms with van der Waals surface area (Å²) in [6, 6.07) is 16.2. The van der Waals surface area contributed by atoms with E-state index >= 15 is 0 Å². The Hall–Kier alpha value is -4.73. The zero-order valence-corrected chi connectivity index (χ0v) is 18.8. The summed E-state index contributed by atoms with van der Waals surface area (Å²) in [4.78, 5) is 53.6. The molecule has 182 valence electrons. The molecule has 36 heavy (non-hydrogen) atoms. The van der Waals surface area contributed by atoms with Crippen molar-refractivity contribution in [2.75, 3.05) is 18.1 Å². The molecule has 0 radical (unpaired) electrons. The molecular weight excluding hydrogens is 469 g/mol. The normalized spacial score (nSPS) is 16.6. The summed E-state index contributed by atoms with van der Waals surface area (Å²) in [5.74, 6) is -2.54. The fourth-order valence-electron chi connectivity index (χ4n) is 4.05. The van der Waals surface area contributed by atoms with Crippen molar-refractivity contribution in [3.05, 3.63) is 89.7 Å². The Bertz CT molecular complexity index is 1360. The number of fused-ring (bicyclic) bond motifs is 1. The van der Waals surface area contributed by atoms with E-state index in [1.54, 1.807) is 30.3 Å². The van der Waals surface area contributed by atoms with Crippen molar-refractivity contribution in [3.63, 3.8) is 0 Å². The number of halogens is 1. The number of nitrogens with one attached hydrogen (secondary N) is 1. The van der Waals surface area contributed by atoms with Crippen LogP contribution in [0.1, 0.15) is 27.1 Å². The number of hydrogen-bond donors (Lipinski definition) is 1. The van der Waals surface area contributed by atoms with E-state index in [4.69, 9.17) is 9.47 Å². The molecule has 2 aliphatic heterocycles. The van der Waals surface area contributed by atoms with Crippen LogP contribution in [0.2, 0.25) is 0 Å². The molecule has 5 rings (SSSR count). The van der Waals surface area contributed by atoms with Crippen LogP contribution >= 0.6 is 0 Å². The first-order chi connectivity index (χ1) is 17.4. The summed E-state index contributed by atoms with van der Waals surface area (Å²) < 4.78 is 24.7. The predicted octanol–water partition coefficient (Wildman–Crippen LogP) is 2.72. The fraction of sp³-hybridized carbons (Fsp3) is 0.154. The first kappa shape index (κ1) is 23.0. The van der Waals surface area contributed by atoms with Crippen molar-refractivity contribution >= 4 is 29.3 Å². The average molecular weight is 489 g/mol. The first-order valence-electron chi connectivity index (χ1n) is 11.1. The molecule has 0 saturated carbocycles. The summed E-state index contributed by atoms with van der Waals surface area (Å²) >= 11 is 0. The smallest absolute Gasteiger partial charge is 0.273 e. The van der Waals surface area contributed by atoms with E-state index < -0.39 is 35.5 Å². The van der Waals surface area contributed by atoms with Crippen LogP contribution in [0.3, 0.4) is 0 Å². The summed E-state index contributed by atoms with van der Waals surface area (Å²) in [5.41, 5.74) is 2.79. The van der Waals surface area contributed by atoms with Gasteiger partial charge in [0.1, 0.15) is 25.1 Å². The van der Waals surface area contributed by atoms with Crippen LogP contribution in [0.15, 0.2) is 72.8 Å². The van der Waals surface area contributed by atoms with Crippen LogP contribution in [0.5, 0.6) is 11.5 Å². The Labute approximate surface area is 205 Å². The molecule has 9 nitrogen and oxygen atoms in total. The first-order valence-corrected chi connectivity index (χ1v) is 11.1. The second-order valence-electron chi connectivity index (χ2n) is 8.11. The van der Waals surface area contributed by atoms with Gasteiger partial charge in [-0.2, -0.15) is 0 Å². The molecule has 3 aromatic rings.